The van der Waals surface area contributed by atoms with Crippen LogP contribution in [0.15, 0.2) is 0 Å². The van der Waals surface area contributed by atoms with Gasteiger partial charge in [0.1, 0.15) is 5.78 Å². The molecule has 0 saturated carbocycles. The molecular formula is C10H20N2O. The first-order valence-corrected chi connectivity index (χ1v) is 5.10. The predicted octanol–water partition coefficient (Wildman–Crippen LogP) is 0.538. The molecule has 1 heterocycles. The summed E-state index contributed by atoms with van der Waals surface area (Å²) >= 11 is 0. The van der Waals surface area contributed by atoms with Crippen molar-refractivity contribution in [2.75, 3.05) is 13.1 Å². The van der Waals surface area contributed by atoms with Crippen LogP contribution in [0.3, 0.4) is 0 Å². The average molecular weight is 184 g/mol. The number of carbonyl (C=O) groups is 1. The Morgan fingerprint density at radius 3 is 2.85 bits per heavy atom. The highest BCUT2D eigenvalue weighted by molar-refractivity contribution is 5.80. The second kappa shape index (κ2) is 4.72. The summed E-state index contributed by atoms with van der Waals surface area (Å²) in [5.41, 5.74) is 5.91. The molecule has 1 rings (SSSR count). The van der Waals surface area contributed by atoms with Gasteiger partial charge in [-0.05, 0) is 18.9 Å². The summed E-state index contributed by atoms with van der Waals surface area (Å²) in [6.45, 7) is 5.77. The fourth-order valence-corrected chi connectivity index (χ4v) is 1.68. The molecule has 76 valence electrons. The van der Waals surface area contributed by atoms with Gasteiger partial charge in [0.2, 0.25) is 0 Å². The first-order chi connectivity index (χ1) is 6.11. The first-order valence-electron chi connectivity index (χ1n) is 5.10. The van der Waals surface area contributed by atoms with Crippen molar-refractivity contribution in [2.24, 2.45) is 17.6 Å². The van der Waals surface area contributed by atoms with Crippen LogP contribution >= 0.6 is 0 Å². The van der Waals surface area contributed by atoms with Crippen LogP contribution in [0.1, 0.15) is 26.7 Å². The van der Waals surface area contributed by atoms with Gasteiger partial charge >= 0.3 is 0 Å². The zero-order valence-corrected chi connectivity index (χ0v) is 8.55. The fourth-order valence-electron chi connectivity index (χ4n) is 1.68. The minimum Gasteiger partial charge on any atom is -0.326 e. The van der Waals surface area contributed by atoms with E-state index in [2.05, 4.69) is 5.32 Å². The molecule has 0 amide bonds. The van der Waals surface area contributed by atoms with Crippen molar-refractivity contribution >= 4 is 5.78 Å². The highest BCUT2D eigenvalue weighted by Gasteiger charge is 2.24. The van der Waals surface area contributed by atoms with E-state index >= 15 is 0 Å². The van der Waals surface area contributed by atoms with Crippen LogP contribution in [0.5, 0.6) is 0 Å². The van der Waals surface area contributed by atoms with Gasteiger partial charge in [-0.15, -0.1) is 0 Å². The van der Waals surface area contributed by atoms with Crippen LogP contribution in [-0.4, -0.2) is 24.9 Å². The number of rotatable bonds is 3. The third-order valence-electron chi connectivity index (χ3n) is 2.78. The molecule has 1 aliphatic rings. The Morgan fingerprint density at radius 2 is 2.31 bits per heavy atom. The van der Waals surface area contributed by atoms with E-state index in [9.17, 15) is 4.79 Å². The Morgan fingerprint density at radius 1 is 1.62 bits per heavy atom. The van der Waals surface area contributed by atoms with Crippen molar-refractivity contribution in [3.63, 3.8) is 0 Å². The largest absolute Gasteiger partial charge is 0.326 e. The van der Waals surface area contributed by atoms with Gasteiger partial charge in [-0.1, -0.05) is 13.8 Å². The van der Waals surface area contributed by atoms with Crippen LogP contribution in [0.25, 0.3) is 0 Å². The van der Waals surface area contributed by atoms with Crippen molar-refractivity contribution < 1.29 is 4.79 Å². The molecule has 1 aliphatic heterocycles. The molecule has 3 nitrogen and oxygen atoms in total. The normalized spacial score (nSPS) is 29.2. The molecule has 0 aromatic rings. The monoisotopic (exact) mass is 184 g/mol. The zero-order valence-electron chi connectivity index (χ0n) is 8.55. The van der Waals surface area contributed by atoms with Gasteiger partial charge in [0, 0.05) is 24.9 Å². The minimum atomic E-state index is 0.155. The fraction of sp³-hybridized carbons (Fsp3) is 0.900. The number of hydrogen-bond donors (Lipinski definition) is 2. The SMILES string of the molecule is CC(C)C(=O)CC1CCNCC1N. The van der Waals surface area contributed by atoms with Gasteiger partial charge in [0.05, 0.1) is 0 Å². The molecule has 3 N–H and O–H groups in total. The van der Waals surface area contributed by atoms with Crippen molar-refractivity contribution in [1.29, 1.82) is 0 Å². The van der Waals surface area contributed by atoms with Gasteiger partial charge in [-0.2, -0.15) is 0 Å². The van der Waals surface area contributed by atoms with Gasteiger partial charge < -0.3 is 11.1 Å². The molecule has 2 unspecified atom stereocenters. The van der Waals surface area contributed by atoms with Crippen LogP contribution in [0, 0.1) is 11.8 Å². The summed E-state index contributed by atoms with van der Waals surface area (Å²) in [4.78, 5) is 11.5. The van der Waals surface area contributed by atoms with Crippen molar-refractivity contribution in [3.8, 4) is 0 Å². The minimum absolute atomic E-state index is 0.155. The first kappa shape index (κ1) is 10.7. The summed E-state index contributed by atoms with van der Waals surface area (Å²) < 4.78 is 0. The van der Waals surface area contributed by atoms with Crippen LogP contribution in [0.4, 0.5) is 0 Å². The van der Waals surface area contributed by atoms with E-state index in [1.165, 1.54) is 0 Å². The maximum atomic E-state index is 11.5. The Labute approximate surface area is 80.1 Å². The summed E-state index contributed by atoms with van der Waals surface area (Å²) in [6, 6.07) is 0.163. The number of nitrogens with one attached hydrogen (secondary N) is 1. The van der Waals surface area contributed by atoms with E-state index in [-0.39, 0.29) is 12.0 Å². The second-order valence-electron chi connectivity index (χ2n) is 4.24. The molecular weight excluding hydrogens is 164 g/mol. The number of hydrogen-bond acceptors (Lipinski definition) is 3. The van der Waals surface area contributed by atoms with Crippen LogP contribution in [-0.2, 0) is 4.79 Å². The van der Waals surface area contributed by atoms with Gasteiger partial charge in [-0.25, -0.2) is 0 Å². The van der Waals surface area contributed by atoms with E-state index in [1.807, 2.05) is 13.8 Å². The van der Waals surface area contributed by atoms with E-state index in [1.54, 1.807) is 0 Å². The highest BCUT2D eigenvalue weighted by Crippen LogP contribution is 2.17. The molecule has 13 heavy (non-hydrogen) atoms. The summed E-state index contributed by atoms with van der Waals surface area (Å²) in [5, 5.41) is 3.23. The van der Waals surface area contributed by atoms with Gasteiger partial charge in [-0.3, -0.25) is 4.79 Å². The van der Waals surface area contributed by atoms with Crippen LogP contribution in [0.2, 0.25) is 0 Å². The summed E-state index contributed by atoms with van der Waals surface area (Å²) in [5.74, 6) is 0.903. The van der Waals surface area contributed by atoms with Crippen LogP contribution < -0.4 is 11.1 Å². The molecule has 1 saturated heterocycles. The highest BCUT2D eigenvalue weighted by atomic mass is 16.1. The van der Waals surface area contributed by atoms with Crippen molar-refractivity contribution in [1.82, 2.24) is 5.32 Å². The lowest BCUT2D eigenvalue weighted by molar-refractivity contribution is -0.123. The Hall–Kier alpha value is -0.410. The Kier molecular flexibility index (Phi) is 3.88. The number of nitrogens with two attached hydrogens (primary N) is 1. The van der Waals surface area contributed by atoms with E-state index in [0.29, 0.717) is 18.1 Å². The maximum absolute atomic E-state index is 11.5. The topological polar surface area (TPSA) is 55.1 Å². The predicted molar refractivity (Wildman–Crippen MR) is 53.4 cm³/mol. The molecule has 0 bridgehead atoms. The number of ketones is 1. The van der Waals surface area contributed by atoms with E-state index < -0.39 is 0 Å². The van der Waals surface area contributed by atoms with Gasteiger partial charge in [0.15, 0.2) is 0 Å². The molecule has 0 aromatic carbocycles. The van der Waals surface area contributed by atoms with E-state index in [4.69, 9.17) is 5.73 Å². The smallest absolute Gasteiger partial charge is 0.135 e. The lowest BCUT2D eigenvalue weighted by atomic mass is 9.86. The second-order valence-corrected chi connectivity index (χ2v) is 4.24. The number of Topliss-reactive ketones (excluding diaryl/α,β-unsaturated/α-hetero) is 1. The van der Waals surface area contributed by atoms with Gasteiger partial charge in [0.25, 0.3) is 0 Å². The molecule has 0 spiro atoms. The molecule has 0 aromatic heterocycles. The maximum Gasteiger partial charge on any atom is 0.135 e. The standard InChI is InChI=1S/C10H20N2O/c1-7(2)10(13)5-8-3-4-12-6-9(8)11/h7-9,12H,3-6,11H2,1-2H3. The van der Waals surface area contributed by atoms with Crippen molar-refractivity contribution in [3.05, 3.63) is 0 Å². The summed E-state index contributed by atoms with van der Waals surface area (Å²) in [6.07, 6.45) is 1.71. The quantitative estimate of drug-likeness (QED) is 0.673. The number of carbonyl (C=O) groups excluding carboxylic acids is 1. The molecule has 1 fully saturated rings. The lowest BCUT2D eigenvalue weighted by Crippen LogP contribution is -2.46. The number of piperidine rings is 1. The zero-order chi connectivity index (χ0) is 9.84. The lowest BCUT2D eigenvalue weighted by Gasteiger charge is -2.29. The third-order valence-corrected chi connectivity index (χ3v) is 2.78. The van der Waals surface area contributed by atoms with Crippen molar-refractivity contribution in [2.45, 2.75) is 32.7 Å². The molecule has 3 heteroatoms. The molecule has 0 radical (unpaired) electrons. The Bertz CT molecular complexity index is 180. The average Bonchev–Trinajstić information content (AvgIpc) is 2.08. The van der Waals surface area contributed by atoms with E-state index in [0.717, 1.165) is 19.5 Å². The molecule has 2 atom stereocenters. The Balaban J connectivity index is 2.38. The molecule has 0 aliphatic carbocycles. The summed E-state index contributed by atoms with van der Waals surface area (Å²) in [7, 11) is 0. The third kappa shape index (κ3) is 3.08.